The van der Waals surface area contributed by atoms with Crippen molar-refractivity contribution in [1.29, 1.82) is 0 Å². The highest BCUT2D eigenvalue weighted by Gasteiger charge is 2.10. The summed E-state index contributed by atoms with van der Waals surface area (Å²) in [7, 11) is 7.70. The van der Waals surface area contributed by atoms with Gasteiger partial charge in [-0.2, -0.15) is 0 Å². The van der Waals surface area contributed by atoms with Gasteiger partial charge in [-0.05, 0) is 14.1 Å². The number of hydrogen-bond acceptors (Lipinski definition) is 5. The van der Waals surface area contributed by atoms with E-state index in [1.807, 2.05) is 44.1 Å². The molecule has 0 aliphatic rings. The van der Waals surface area contributed by atoms with E-state index in [0.717, 1.165) is 16.6 Å². The monoisotopic (exact) mass is 302 g/mol. The van der Waals surface area contributed by atoms with Crippen LogP contribution in [0, 0.1) is 0 Å². The smallest absolute Gasteiger partial charge is 0.243 e. The Morgan fingerprint density at radius 1 is 1.42 bits per heavy atom. The first-order valence-electron chi connectivity index (χ1n) is 5.81. The first-order valence-corrected chi connectivity index (χ1v) is 7.01. The Kier molecular flexibility index (Phi) is 6.27. The predicted molar refractivity (Wildman–Crippen MR) is 81.0 cm³/mol. The minimum Gasteiger partial charge on any atom is -0.354 e. The lowest BCUT2D eigenvalue weighted by Crippen LogP contribution is -2.20. The molecule has 1 amide bonds. The summed E-state index contributed by atoms with van der Waals surface area (Å²) < 4.78 is 0. The number of thiazole rings is 1. The van der Waals surface area contributed by atoms with Gasteiger partial charge >= 0.3 is 0 Å². The van der Waals surface area contributed by atoms with Crippen LogP contribution in [0.25, 0.3) is 0 Å². The largest absolute Gasteiger partial charge is 0.354 e. The maximum atomic E-state index is 11.6. The first-order chi connectivity index (χ1) is 8.90. The highest BCUT2D eigenvalue weighted by molar-refractivity contribution is 7.16. The van der Waals surface area contributed by atoms with E-state index >= 15 is 0 Å². The van der Waals surface area contributed by atoms with Crippen molar-refractivity contribution in [1.82, 2.24) is 15.2 Å². The standard InChI is InChI=1S/C12H19ClN4OS/c1-16(2)7-5-6-10(18)14-8-9-11(13)15-12(19-9)17(3)4/h5-6H,7-8H2,1-4H3,(H,14,18)/b6-5+. The fourth-order valence-corrected chi connectivity index (χ4v) is 2.35. The molecule has 1 aromatic rings. The highest BCUT2D eigenvalue weighted by atomic mass is 35.5. The van der Waals surface area contributed by atoms with Gasteiger partial charge in [0.25, 0.3) is 0 Å². The number of amides is 1. The zero-order valence-corrected chi connectivity index (χ0v) is 13.2. The molecule has 1 N–H and O–H groups in total. The van der Waals surface area contributed by atoms with Crippen LogP contribution < -0.4 is 10.2 Å². The lowest BCUT2D eigenvalue weighted by molar-refractivity contribution is -0.116. The number of anilines is 1. The summed E-state index contributed by atoms with van der Waals surface area (Å²) in [4.78, 5) is 20.5. The van der Waals surface area contributed by atoms with Crippen molar-refractivity contribution in [2.45, 2.75) is 6.54 Å². The molecule has 0 radical (unpaired) electrons. The van der Waals surface area contributed by atoms with Crippen LogP contribution in [0.1, 0.15) is 4.88 Å². The second kappa shape index (κ2) is 7.47. The molecule has 19 heavy (non-hydrogen) atoms. The van der Waals surface area contributed by atoms with E-state index in [2.05, 4.69) is 10.3 Å². The minimum absolute atomic E-state index is 0.127. The minimum atomic E-state index is -0.127. The van der Waals surface area contributed by atoms with E-state index in [0.29, 0.717) is 11.7 Å². The molecule has 5 nitrogen and oxygen atoms in total. The molecule has 0 bridgehead atoms. The Hall–Kier alpha value is -1.11. The Morgan fingerprint density at radius 2 is 2.11 bits per heavy atom. The molecular formula is C12H19ClN4OS. The average Bonchev–Trinajstić information content (AvgIpc) is 2.68. The van der Waals surface area contributed by atoms with Crippen LogP contribution in [0.5, 0.6) is 0 Å². The number of likely N-dealkylation sites (N-methyl/N-ethyl adjacent to an activating group) is 1. The third-order valence-electron chi connectivity index (χ3n) is 2.18. The zero-order chi connectivity index (χ0) is 14.4. The van der Waals surface area contributed by atoms with Crippen LogP contribution >= 0.6 is 22.9 Å². The summed E-state index contributed by atoms with van der Waals surface area (Å²) in [5.74, 6) is -0.127. The Bertz CT molecular complexity index is 457. The van der Waals surface area contributed by atoms with Crippen molar-refractivity contribution in [3.63, 3.8) is 0 Å². The van der Waals surface area contributed by atoms with Crippen LogP contribution in [0.15, 0.2) is 12.2 Å². The van der Waals surface area contributed by atoms with Crippen LogP contribution in [-0.2, 0) is 11.3 Å². The van der Waals surface area contributed by atoms with Gasteiger partial charge in [0.15, 0.2) is 5.13 Å². The van der Waals surface area contributed by atoms with Crippen molar-refractivity contribution in [2.24, 2.45) is 0 Å². The van der Waals surface area contributed by atoms with Gasteiger partial charge in [-0.1, -0.05) is 29.0 Å². The van der Waals surface area contributed by atoms with Gasteiger partial charge in [0.1, 0.15) is 5.15 Å². The lowest BCUT2D eigenvalue weighted by atomic mass is 10.4. The number of carbonyl (C=O) groups is 1. The molecule has 0 atom stereocenters. The van der Waals surface area contributed by atoms with Crippen molar-refractivity contribution in [2.75, 3.05) is 39.6 Å². The quantitative estimate of drug-likeness (QED) is 0.811. The Morgan fingerprint density at radius 3 is 2.63 bits per heavy atom. The van der Waals surface area contributed by atoms with Gasteiger partial charge < -0.3 is 15.1 Å². The summed E-state index contributed by atoms with van der Waals surface area (Å²) in [5.41, 5.74) is 0. The van der Waals surface area contributed by atoms with Crippen LogP contribution in [-0.4, -0.2) is 50.5 Å². The van der Waals surface area contributed by atoms with E-state index in [-0.39, 0.29) is 5.91 Å². The van der Waals surface area contributed by atoms with E-state index < -0.39 is 0 Å². The number of carbonyl (C=O) groups excluding carboxylic acids is 1. The molecule has 0 saturated carbocycles. The number of halogens is 1. The second-order valence-corrected chi connectivity index (χ2v) is 5.91. The second-order valence-electron chi connectivity index (χ2n) is 4.49. The predicted octanol–water partition coefficient (Wildman–Crippen LogP) is 1.60. The fraction of sp³-hybridized carbons (Fsp3) is 0.500. The molecule has 1 aromatic heterocycles. The van der Waals surface area contributed by atoms with Crippen molar-refractivity contribution >= 4 is 34.0 Å². The first kappa shape index (κ1) is 15.9. The molecule has 1 rings (SSSR count). The lowest BCUT2D eigenvalue weighted by Gasteiger charge is -2.05. The molecule has 0 spiro atoms. The number of hydrogen-bond donors (Lipinski definition) is 1. The molecule has 0 fully saturated rings. The number of aromatic nitrogens is 1. The van der Waals surface area contributed by atoms with Crippen LogP contribution in [0.3, 0.4) is 0 Å². The van der Waals surface area contributed by atoms with Crippen molar-refractivity contribution in [3.8, 4) is 0 Å². The van der Waals surface area contributed by atoms with Gasteiger partial charge in [-0.25, -0.2) is 4.98 Å². The highest BCUT2D eigenvalue weighted by Crippen LogP contribution is 2.28. The van der Waals surface area contributed by atoms with E-state index in [9.17, 15) is 4.79 Å². The summed E-state index contributed by atoms with van der Waals surface area (Å²) >= 11 is 7.49. The summed E-state index contributed by atoms with van der Waals surface area (Å²) in [6, 6.07) is 0. The zero-order valence-electron chi connectivity index (χ0n) is 11.6. The molecule has 0 saturated heterocycles. The van der Waals surface area contributed by atoms with Gasteiger partial charge in [0.05, 0.1) is 11.4 Å². The van der Waals surface area contributed by atoms with Crippen molar-refractivity contribution < 1.29 is 4.79 Å². The molecular weight excluding hydrogens is 284 g/mol. The maximum absolute atomic E-state index is 11.6. The van der Waals surface area contributed by atoms with Gasteiger partial charge in [0.2, 0.25) is 5.91 Å². The summed E-state index contributed by atoms with van der Waals surface area (Å²) in [5, 5.41) is 4.07. The Balaban J connectivity index is 2.48. The summed E-state index contributed by atoms with van der Waals surface area (Å²) in [6.07, 6.45) is 3.34. The van der Waals surface area contributed by atoms with E-state index in [4.69, 9.17) is 11.6 Å². The summed E-state index contributed by atoms with van der Waals surface area (Å²) in [6.45, 7) is 1.13. The van der Waals surface area contributed by atoms with E-state index in [1.165, 1.54) is 17.4 Å². The van der Waals surface area contributed by atoms with E-state index in [1.54, 1.807) is 0 Å². The Labute approximate surface area is 122 Å². The molecule has 106 valence electrons. The maximum Gasteiger partial charge on any atom is 0.243 e. The molecule has 0 aliphatic heterocycles. The van der Waals surface area contributed by atoms with Gasteiger partial charge in [-0.15, -0.1) is 0 Å². The average molecular weight is 303 g/mol. The van der Waals surface area contributed by atoms with Crippen LogP contribution in [0.2, 0.25) is 5.15 Å². The normalized spacial score (nSPS) is 11.3. The number of rotatable bonds is 6. The van der Waals surface area contributed by atoms with Gasteiger partial charge in [-0.3, -0.25) is 4.79 Å². The number of nitrogens with zero attached hydrogens (tertiary/aromatic N) is 3. The SMILES string of the molecule is CN(C)C/C=C/C(=O)NCc1sc(N(C)C)nc1Cl. The van der Waals surface area contributed by atoms with Gasteiger partial charge in [0, 0.05) is 26.7 Å². The topological polar surface area (TPSA) is 48.5 Å². The van der Waals surface area contributed by atoms with Crippen molar-refractivity contribution in [3.05, 3.63) is 22.2 Å². The molecule has 0 aliphatic carbocycles. The molecule has 1 heterocycles. The molecule has 7 heteroatoms. The third kappa shape index (κ3) is 5.59. The third-order valence-corrected chi connectivity index (χ3v) is 3.83. The fourth-order valence-electron chi connectivity index (χ4n) is 1.22. The molecule has 0 aromatic carbocycles. The molecule has 0 unspecified atom stereocenters. The van der Waals surface area contributed by atoms with Crippen LogP contribution in [0.4, 0.5) is 5.13 Å². The number of nitrogens with one attached hydrogen (secondary N) is 1.